The fourth-order valence-electron chi connectivity index (χ4n) is 0.955. The van der Waals surface area contributed by atoms with E-state index in [1.807, 2.05) is 12.2 Å². The number of allylic oxidation sites excluding steroid dienone is 2. The molecule has 0 heterocycles. The molecule has 78 valence electrons. The van der Waals surface area contributed by atoms with Crippen molar-refractivity contribution < 1.29 is 0 Å². The second kappa shape index (κ2) is 11.5. The SMILES string of the molecule is C=CC(CC)CC.C=CCC(C)C. The van der Waals surface area contributed by atoms with E-state index >= 15 is 0 Å². The molecule has 0 heteroatoms. The summed E-state index contributed by atoms with van der Waals surface area (Å²) in [5, 5.41) is 0. The Morgan fingerprint density at radius 2 is 1.54 bits per heavy atom. The molecule has 0 N–H and O–H groups in total. The topological polar surface area (TPSA) is 0 Å². The molecule has 0 saturated heterocycles. The highest BCUT2D eigenvalue weighted by Crippen LogP contribution is 2.06. The monoisotopic (exact) mass is 182 g/mol. The Morgan fingerprint density at radius 1 is 1.08 bits per heavy atom. The van der Waals surface area contributed by atoms with Gasteiger partial charge in [-0.1, -0.05) is 39.8 Å². The molecule has 0 amide bonds. The van der Waals surface area contributed by atoms with Crippen molar-refractivity contribution in [1.29, 1.82) is 0 Å². The second-order valence-corrected chi connectivity index (χ2v) is 3.73. The molecule has 0 rings (SSSR count). The van der Waals surface area contributed by atoms with Gasteiger partial charge in [0, 0.05) is 0 Å². The van der Waals surface area contributed by atoms with Gasteiger partial charge >= 0.3 is 0 Å². The molecule has 0 spiro atoms. The summed E-state index contributed by atoms with van der Waals surface area (Å²) in [6, 6.07) is 0. The summed E-state index contributed by atoms with van der Waals surface area (Å²) in [6.45, 7) is 16.0. The van der Waals surface area contributed by atoms with Crippen LogP contribution in [0.3, 0.4) is 0 Å². The van der Waals surface area contributed by atoms with Crippen molar-refractivity contribution in [3.63, 3.8) is 0 Å². The summed E-state index contributed by atoms with van der Waals surface area (Å²) in [4.78, 5) is 0. The highest BCUT2D eigenvalue weighted by atomic mass is 14.0. The maximum Gasteiger partial charge on any atom is -0.0241 e. The minimum absolute atomic E-state index is 0.750. The van der Waals surface area contributed by atoms with Crippen molar-refractivity contribution in [3.05, 3.63) is 25.3 Å². The summed E-state index contributed by atoms with van der Waals surface area (Å²) in [7, 11) is 0. The predicted octanol–water partition coefficient (Wildman–Crippen LogP) is 4.83. The largest absolute Gasteiger partial charge is 0.103 e. The Hall–Kier alpha value is -0.520. The maximum atomic E-state index is 3.70. The molecule has 0 bridgehead atoms. The Kier molecular flexibility index (Phi) is 13.2. The first-order valence-corrected chi connectivity index (χ1v) is 5.35. The first-order valence-electron chi connectivity index (χ1n) is 5.35. The van der Waals surface area contributed by atoms with Crippen molar-refractivity contribution >= 4 is 0 Å². The molecule has 0 aliphatic heterocycles. The third-order valence-corrected chi connectivity index (χ3v) is 2.02. The van der Waals surface area contributed by atoms with E-state index in [2.05, 4.69) is 40.9 Å². The molecular formula is C13H26. The maximum absolute atomic E-state index is 3.70. The fraction of sp³-hybridized carbons (Fsp3) is 0.692. The third kappa shape index (κ3) is 14.3. The Morgan fingerprint density at radius 3 is 1.54 bits per heavy atom. The Bertz CT molecular complexity index is 107. The van der Waals surface area contributed by atoms with E-state index in [0.717, 1.165) is 18.3 Å². The zero-order valence-electron chi connectivity index (χ0n) is 9.84. The fourth-order valence-corrected chi connectivity index (χ4v) is 0.955. The van der Waals surface area contributed by atoms with E-state index in [9.17, 15) is 0 Å². The average Bonchev–Trinajstić information content (AvgIpc) is 2.08. The van der Waals surface area contributed by atoms with Gasteiger partial charge in [-0.15, -0.1) is 13.2 Å². The molecule has 0 aromatic rings. The van der Waals surface area contributed by atoms with Gasteiger partial charge in [-0.05, 0) is 31.1 Å². The van der Waals surface area contributed by atoms with Gasteiger partial charge in [0.15, 0.2) is 0 Å². The van der Waals surface area contributed by atoms with Crippen LogP contribution in [0.1, 0.15) is 47.0 Å². The predicted molar refractivity (Wildman–Crippen MR) is 63.9 cm³/mol. The minimum atomic E-state index is 0.750. The van der Waals surface area contributed by atoms with Crippen molar-refractivity contribution in [1.82, 2.24) is 0 Å². The van der Waals surface area contributed by atoms with Crippen LogP contribution < -0.4 is 0 Å². The molecule has 0 unspecified atom stereocenters. The molecule has 0 nitrogen and oxygen atoms in total. The van der Waals surface area contributed by atoms with Crippen LogP contribution in [0.4, 0.5) is 0 Å². The zero-order valence-corrected chi connectivity index (χ0v) is 9.84. The van der Waals surface area contributed by atoms with Gasteiger partial charge in [-0.2, -0.15) is 0 Å². The molecular weight excluding hydrogens is 156 g/mol. The van der Waals surface area contributed by atoms with E-state index < -0.39 is 0 Å². The van der Waals surface area contributed by atoms with E-state index in [0.29, 0.717) is 0 Å². The smallest absolute Gasteiger partial charge is 0.0241 e. The van der Waals surface area contributed by atoms with E-state index in [1.165, 1.54) is 12.8 Å². The molecule has 13 heavy (non-hydrogen) atoms. The standard InChI is InChI=1S/C7H14.C6H12/c1-4-7(5-2)6-3;1-4-5-6(2)3/h4,7H,1,5-6H2,2-3H3;4,6H,1,5H2,2-3H3. The number of rotatable bonds is 5. The highest BCUT2D eigenvalue weighted by molar-refractivity contribution is 4.75. The minimum Gasteiger partial charge on any atom is -0.103 e. The van der Waals surface area contributed by atoms with E-state index in [1.54, 1.807) is 0 Å². The van der Waals surface area contributed by atoms with Crippen LogP contribution in [-0.2, 0) is 0 Å². The molecule has 0 aromatic heterocycles. The molecule has 0 atom stereocenters. The summed E-state index contributed by atoms with van der Waals surface area (Å²) in [6.07, 6.45) is 7.59. The third-order valence-electron chi connectivity index (χ3n) is 2.02. The molecule has 0 fully saturated rings. The summed E-state index contributed by atoms with van der Waals surface area (Å²) in [5.41, 5.74) is 0. The molecule has 0 aromatic carbocycles. The number of hydrogen-bond donors (Lipinski definition) is 0. The van der Waals surface area contributed by atoms with Gasteiger partial charge in [-0.3, -0.25) is 0 Å². The van der Waals surface area contributed by atoms with E-state index in [4.69, 9.17) is 0 Å². The van der Waals surface area contributed by atoms with Gasteiger partial charge < -0.3 is 0 Å². The van der Waals surface area contributed by atoms with Gasteiger partial charge in [0.1, 0.15) is 0 Å². The van der Waals surface area contributed by atoms with Crippen molar-refractivity contribution in [2.75, 3.05) is 0 Å². The molecule has 0 aliphatic rings. The quantitative estimate of drug-likeness (QED) is 0.534. The lowest BCUT2D eigenvalue weighted by molar-refractivity contribution is 0.607. The van der Waals surface area contributed by atoms with Crippen LogP contribution in [0.5, 0.6) is 0 Å². The van der Waals surface area contributed by atoms with Crippen LogP contribution >= 0.6 is 0 Å². The van der Waals surface area contributed by atoms with Gasteiger partial charge in [0.05, 0.1) is 0 Å². The number of hydrogen-bond acceptors (Lipinski definition) is 0. The molecule has 0 saturated carbocycles. The van der Waals surface area contributed by atoms with Crippen LogP contribution in [0.2, 0.25) is 0 Å². The van der Waals surface area contributed by atoms with Crippen LogP contribution in [-0.4, -0.2) is 0 Å². The molecule has 0 aliphatic carbocycles. The zero-order chi connectivity index (χ0) is 10.7. The lowest BCUT2D eigenvalue weighted by atomic mass is 10.0. The van der Waals surface area contributed by atoms with Gasteiger partial charge in [0.25, 0.3) is 0 Å². The van der Waals surface area contributed by atoms with Crippen molar-refractivity contribution in [2.45, 2.75) is 47.0 Å². The van der Waals surface area contributed by atoms with Crippen LogP contribution in [0, 0.1) is 11.8 Å². The lowest BCUT2D eigenvalue weighted by Gasteiger charge is -2.01. The first kappa shape index (κ1) is 15.0. The Labute approximate surface area is 84.7 Å². The van der Waals surface area contributed by atoms with Crippen molar-refractivity contribution in [3.8, 4) is 0 Å². The van der Waals surface area contributed by atoms with Gasteiger partial charge in [-0.25, -0.2) is 0 Å². The Balaban J connectivity index is 0. The van der Waals surface area contributed by atoms with Crippen LogP contribution in [0.25, 0.3) is 0 Å². The second-order valence-electron chi connectivity index (χ2n) is 3.73. The summed E-state index contributed by atoms with van der Waals surface area (Å²) < 4.78 is 0. The van der Waals surface area contributed by atoms with E-state index in [-0.39, 0.29) is 0 Å². The van der Waals surface area contributed by atoms with Gasteiger partial charge in [0.2, 0.25) is 0 Å². The normalized spacial score (nSPS) is 9.38. The average molecular weight is 182 g/mol. The highest BCUT2D eigenvalue weighted by Gasteiger charge is 1.92. The van der Waals surface area contributed by atoms with Crippen molar-refractivity contribution in [2.24, 2.45) is 11.8 Å². The lowest BCUT2D eigenvalue weighted by Crippen LogP contribution is -1.87. The summed E-state index contributed by atoms with van der Waals surface area (Å²) in [5.74, 6) is 1.53. The van der Waals surface area contributed by atoms with Crippen LogP contribution in [0.15, 0.2) is 25.3 Å². The summed E-state index contributed by atoms with van der Waals surface area (Å²) >= 11 is 0. The molecule has 0 radical (unpaired) electrons. The first-order chi connectivity index (χ1) is 6.12.